The minimum absolute atomic E-state index is 0.0829. The van der Waals surface area contributed by atoms with Gasteiger partial charge in [-0.3, -0.25) is 4.79 Å². The molecule has 0 spiro atoms. The summed E-state index contributed by atoms with van der Waals surface area (Å²) in [5.41, 5.74) is 2.71. The smallest absolute Gasteiger partial charge is 0.305 e. The SMILES string of the molecule is CCCCCCCCCCCCCCCC(=O)OCCCc1cc(OC)c2oc(-c3ccc(OC)c(OC)c3)cc2c1. The van der Waals surface area contributed by atoms with E-state index in [1.165, 1.54) is 70.6 Å². The Balaban J connectivity index is 1.33. The molecule has 3 aromatic rings. The number of carbonyl (C=O) groups excluding carboxylic acids is 1. The van der Waals surface area contributed by atoms with Crippen LogP contribution >= 0.6 is 0 Å². The van der Waals surface area contributed by atoms with Gasteiger partial charge in [-0.15, -0.1) is 0 Å². The summed E-state index contributed by atoms with van der Waals surface area (Å²) < 4.78 is 28.1. The van der Waals surface area contributed by atoms with E-state index < -0.39 is 0 Å². The molecule has 0 amide bonds. The molecule has 0 aliphatic carbocycles. The van der Waals surface area contributed by atoms with E-state index in [4.69, 9.17) is 23.4 Å². The average Bonchev–Trinajstić information content (AvgIpc) is 3.45. The summed E-state index contributed by atoms with van der Waals surface area (Å²) in [6, 6.07) is 11.8. The molecule has 0 unspecified atom stereocenters. The van der Waals surface area contributed by atoms with Crippen LogP contribution in [-0.2, 0) is 16.0 Å². The molecule has 232 valence electrons. The third kappa shape index (κ3) is 10.9. The third-order valence-corrected chi connectivity index (χ3v) is 7.89. The Morgan fingerprint density at radius 3 is 1.90 bits per heavy atom. The average molecular weight is 581 g/mol. The second-order valence-corrected chi connectivity index (χ2v) is 11.2. The van der Waals surface area contributed by atoms with Crippen LogP contribution in [0.25, 0.3) is 22.3 Å². The molecule has 0 atom stereocenters. The molecule has 0 N–H and O–H groups in total. The second kappa shape index (κ2) is 19.1. The van der Waals surface area contributed by atoms with Crippen LogP contribution in [-0.4, -0.2) is 33.9 Å². The van der Waals surface area contributed by atoms with Crippen LogP contribution < -0.4 is 14.2 Å². The molecule has 0 saturated heterocycles. The van der Waals surface area contributed by atoms with Gasteiger partial charge in [0, 0.05) is 17.4 Å². The van der Waals surface area contributed by atoms with Crippen molar-refractivity contribution in [2.24, 2.45) is 0 Å². The van der Waals surface area contributed by atoms with Crippen LogP contribution in [0, 0.1) is 0 Å². The standard InChI is InChI=1S/C36H52O6/c1-5-6-7-8-9-10-11-12-13-14-15-16-17-20-35(37)41-23-18-19-28-24-30-27-32(42-36(30)34(25-28)40-4)29-21-22-31(38-2)33(26-29)39-3/h21-22,24-27H,5-20,23H2,1-4H3. The summed E-state index contributed by atoms with van der Waals surface area (Å²) in [7, 11) is 4.88. The highest BCUT2D eigenvalue weighted by molar-refractivity contribution is 5.88. The fourth-order valence-corrected chi connectivity index (χ4v) is 5.43. The number of unbranched alkanes of at least 4 members (excludes halogenated alkanes) is 12. The molecule has 2 aromatic carbocycles. The molecule has 3 rings (SSSR count). The Hall–Kier alpha value is -3.15. The van der Waals surface area contributed by atoms with Gasteiger partial charge < -0.3 is 23.4 Å². The summed E-state index contributed by atoms with van der Waals surface area (Å²) in [6.07, 6.45) is 19.0. The van der Waals surface area contributed by atoms with E-state index >= 15 is 0 Å². The largest absolute Gasteiger partial charge is 0.493 e. The van der Waals surface area contributed by atoms with E-state index in [0.29, 0.717) is 35.9 Å². The van der Waals surface area contributed by atoms with E-state index in [0.717, 1.165) is 48.0 Å². The lowest BCUT2D eigenvalue weighted by Crippen LogP contribution is -2.06. The van der Waals surface area contributed by atoms with E-state index in [1.807, 2.05) is 30.3 Å². The van der Waals surface area contributed by atoms with Crippen molar-refractivity contribution in [2.45, 2.75) is 110 Å². The number of methoxy groups -OCH3 is 3. The molecule has 0 aliphatic rings. The molecule has 0 fully saturated rings. The Kier molecular flexibility index (Phi) is 15.2. The predicted octanol–water partition coefficient (Wildman–Crippen LogP) is 10.1. The zero-order valence-corrected chi connectivity index (χ0v) is 26.4. The van der Waals surface area contributed by atoms with Crippen molar-refractivity contribution in [1.82, 2.24) is 0 Å². The Morgan fingerprint density at radius 2 is 1.29 bits per heavy atom. The van der Waals surface area contributed by atoms with Gasteiger partial charge >= 0.3 is 5.97 Å². The van der Waals surface area contributed by atoms with E-state index in [2.05, 4.69) is 13.0 Å². The lowest BCUT2D eigenvalue weighted by atomic mass is 10.0. The van der Waals surface area contributed by atoms with Crippen LogP contribution in [0.2, 0.25) is 0 Å². The first-order valence-electron chi connectivity index (χ1n) is 16.1. The van der Waals surface area contributed by atoms with Gasteiger partial charge in [0.2, 0.25) is 0 Å². The minimum Gasteiger partial charge on any atom is -0.493 e. The summed E-state index contributed by atoms with van der Waals surface area (Å²) in [5.74, 6) is 2.65. The maximum Gasteiger partial charge on any atom is 0.305 e. The van der Waals surface area contributed by atoms with Crippen molar-refractivity contribution in [2.75, 3.05) is 27.9 Å². The fourth-order valence-electron chi connectivity index (χ4n) is 5.43. The summed E-state index contributed by atoms with van der Waals surface area (Å²) in [5, 5.41) is 0.966. The summed E-state index contributed by atoms with van der Waals surface area (Å²) in [6.45, 7) is 2.70. The van der Waals surface area contributed by atoms with Gasteiger partial charge in [-0.25, -0.2) is 0 Å². The van der Waals surface area contributed by atoms with Gasteiger partial charge in [-0.2, -0.15) is 0 Å². The number of fused-ring (bicyclic) bond motifs is 1. The number of furan rings is 1. The third-order valence-electron chi connectivity index (χ3n) is 7.89. The number of rotatable bonds is 22. The number of benzene rings is 2. The number of carbonyl (C=O) groups is 1. The number of esters is 1. The van der Waals surface area contributed by atoms with Crippen molar-refractivity contribution in [1.29, 1.82) is 0 Å². The number of aryl methyl sites for hydroxylation is 1. The van der Waals surface area contributed by atoms with Crippen molar-refractivity contribution in [3.8, 4) is 28.6 Å². The lowest BCUT2D eigenvalue weighted by molar-refractivity contribution is -0.143. The Morgan fingerprint density at radius 1 is 0.667 bits per heavy atom. The molecule has 0 radical (unpaired) electrons. The molecular formula is C36H52O6. The van der Waals surface area contributed by atoms with Crippen LogP contribution in [0.3, 0.4) is 0 Å². The highest BCUT2D eigenvalue weighted by Gasteiger charge is 2.15. The first kappa shape index (κ1) is 33.4. The van der Waals surface area contributed by atoms with E-state index in [1.54, 1.807) is 21.3 Å². The second-order valence-electron chi connectivity index (χ2n) is 11.2. The van der Waals surface area contributed by atoms with Gasteiger partial charge in [-0.1, -0.05) is 84.0 Å². The number of ether oxygens (including phenoxy) is 4. The highest BCUT2D eigenvalue weighted by atomic mass is 16.5. The zero-order valence-electron chi connectivity index (χ0n) is 26.4. The quantitative estimate of drug-likeness (QED) is 0.0870. The molecule has 6 nitrogen and oxygen atoms in total. The van der Waals surface area contributed by atoms with Gasteiger partial charge in [-0.05, 0) is 61.2 Å². The Bertz CT molecular complexity index is 1200. The molecule has 0 bridgehead atoms. The van der Waals surface area contributed by atoms with Crippen molar-refractivity contribution < 1.29 is 28.2 Å². The molecular weight excluding hydrogens is 528 g/mol. The van der Waals surface area contributed by atoms with Gasteiger partial charge in [0.25, 0.3) is 0 Å². The van der Waals surface area contributed by atoms with E-state index in [9.17, 15) is 4.79 Å². The van der Waals surface area contributed by atoms with Crippen LogP contribution in [0.15, 0.2) is 40.8 Å². The number of hydrogen-bond acceptors (Lipinski definition) is 6. The Labute approximate surface area is 253 Å². The molecule has 0 saturated carbocycles. The topological polar surface area (TPSA) is 67.1 Å². The molecule has 0 aliphatic heterocycles. The first-order valence-corrected chi connectivity index (χ1v) is 16.1. The van der Waals surface area contributed by atoms with Crippen molar-refractivity contribution >= 4 is 16.9 Å². The van der Waals surface area contributed by atoms with Crippen LogP contribution in [0.4, 0.5) is 0 Å². The maximum atomic E-state index is 12.2. The molecule has 6 heteroatoms. The maximum absolute atomic E-state index is 12.2. The zero-order chi connectivity index (χ0) is 30.0. The van der Waals surface area contributed by atoms with E-state index in [-0.39, 0.29) is 5.97 Å². The van der Waals surface area contributed by atoms with Crippen LogP contribution in [0.5, 0.6) is 17.2 Å². The highest BCUT2D eigenvalue weighted by Crippen LogP contribution is 2.38. The minimum atomic E-state index is -0.0829. The predicted molar refractivity (Wildman–Crippen MR) is 171 cm³/mol. The van der Waals surface area contributed by atoms with Gasteiger partial charge in [0.1, 0.15) is 5.76 Å². The first-order chi connectivity index (χ1) is 20.6. The van der Waals surface area contributed by atoms with Crippen molar-refractivity contribution in [3.63, 3.8) is 0 Å². The molecule has 1 aromatic heterocycles. The van der Waals surface area contributed by atoms with Gasteiger partial charge in [0.05, 0.1) is 27.9 Å². The number of hydrogen-bond donors (Lipinski definition) is 0. The summed E-state index contributed by atoms with van der Waals surface area (Å²) in [4.78, 5) is 12.2. The monoisotopic (exact) mass is 580 g/mol. The normalized spacial score (nSPS) is 11.1. The van der Waals surface area contributed by atoms with Crippen molar-refractivity contribution in [3.05, 3.63) is 42.0 Å². The van der Waals surface area contributed by atoms with Crippen LogP contribution in [0.1, 0.15) is 109 Å². The lowest BCUT2D eigenvalue weighted by Gasteiger charge is -2.08. The fraction of sp³-hybridized carbons (Fsp3) is 0.583. The molecule has 1 heterocycles. The molecule has 42 heavy (non-hydrogen) atoms. The summed E-state index contributed by atoms with van der Waals surface area (Å²) >= 11 is 0. The van der Waals surface area contributed by atoms with Gasteiger partial charge in [0.15, 0.2) is 22.8 Å².